The molecule has 2 heterocycles. The molecule has 5 aromatic rings. The molecule has 2 unspecified atom stereocenters. The molecule has 0 radical (unpaired) electrons. The smallest absolute Gasteiger partial charge is 0.323 e. The van der Waals surface area contributed by atoms with Crippen molar-refractivity contribution in [3.63, 3.8) is 0 Å². The number of aliphatic hydroxyl groups is 1. The lowest BCUT2D eigenvalue weighted by Crippen LogP contribution is -2.40. The van der Waals surface area contributed by atoms with Crippen LogP contribution in [0.15, 0.2) is 85.1 Å². The predicted molar refractivity (Wildman–Crippen MR) is 198 cm³/mol. The fraction of sp³-hybridized carbons (Fsp3) is 0.282. The summed E-state index contributed by atoms with van der Waals surface area (Å²) in [5.41, 5.74) is 7.68. The van der Waals surface area contributed by atoms with Gasteiger partial charge in [0.2, 0.25) is 5.91 Å². The van der Waals surface area contributed by atoms with Gasteiger partial charge in [-0.05, 0) is 60.0 Å². The van der Waals surface area contributed by atoms with Crippen molar-refractivity contribution in [1.82, 2.24) is 20.1 Å². The van der Waals surface area contributed by atoms with Crippen molar-refractivity contribution in [3.8, 4) is 28.0 Å². The number of hydrogen-bond acceptors (Lipinski definition) is 6. The number of aliphatic hydroxyl groups excluding tert-OH is 1. The van der Waals surface area contributed by atoms with E-state index in [2.05, 4.69) is 57.7 Å². The van der Waals surface area contributed by atoms with Gasteiger partial charge in [0.1, 0.15) is 11.8 Å². The number of rotatable bonds is 14. The lowest BCUT2D eigenvalue weighted by Gasteiger charge is -2.24. The summed E-state index contributed by atoms with van der Waals surface area (Å²) in [7, 11) is 3.21. The van der Waals surface area contributed by atoms with Crippen LogP contribution in [0.4, 0.5) is 0 Å². The van der Waals surface area contributed by atoms with Gasteiger partial charge in [-0.25, -0.2) is 0 Å². The van der Waals surface area contributed by atoms with Crippen molar-refractivity contribution in [2.24, 2.45) is 0 Å². The minimum Gasteiger partial charge on any atom is -0.496 e. The fourth-order valence-electron chi connectivity index (χ4n) is 6.62. The van der Waals surface area contributed by atoms with Crippen LogP contribution in [0.5, 0.6) is 5.75 Å². The lowest BCUT2D eigenvalue weighted by atomic mass is 9.96. The number of hydrogen-bond donors (Lipinski definition) is 4. The summed E-state index contributed by atoms with van der Waals surface area (Å²) >= 11 is 13.9. The molecule has 6 rings (SSSR count). The average Bonchev–Trinajstić information content (AvgIpc) is 3.72. The highest BCUT2D eigenvalue weighted by Gasteiger charge is 2.24. The Balaban J connectivity index is 1.21. The molecule has 1 aromatic heterocycles. The number of nitrogens with zero attached hydrogens (tertiary/aromatic N) is 2. The molecule has 9 nitrogen and oxygen atoms in total. The molecule has 4 aromatic carbocycles. The zero-order valence-electron chi connectivity index (χ0n) is 28.0. The normalized spacial score (nSPS) is 15.1. The molecular weight excluding hydrogens is 675 g/mol. The number of carbonyl (C=O) groups excluding carboxylic acids is 1. The number of aliphatic carboxylic acids is 1. The zero-order chi connectivity index (χ0) is 35.4. The highest BCUT2D eigenvalue weighted by molar-refractivity contribution is 6.36. The molecule has 1 saturated heterocycles. The van der Waals surface area contributed by atoms with Crippen LogP contribution >= 0.6 is 23.2 Å². The standard InChI is InChI=1S/C39H40Cl2N4O5/c1-44(35(23-46)39(48)49)21-27-17-33(40)26(18-36(27)50-2)22-45-16-15-31-30(6-4-8-34(31)45)32-7-3-5-29(38(32)41)25-11-9-24(10-12-25)19-42-20-28-13-14-37(47)43-28/h3-12,15-18,28,35,42,46H,13-14,19-23H2,1-2H3,(H,43,47)(H,48,49). The van der Waals surface area contributed by atoms with E-state index in [1.54, 1.807) is 25.1 Å². The number of carbonyl (C=O) groups is 2. The molecule has 4 N–H and O–H groups in total. The first-order valence-electron chi connectivity index (χ1n) is 16.5. The van der Waals surface area contributed by atoms with Crippen molar-refractivity contribution in [2.45, 2.75) is 44.6 Å². The Kier molecular flexibility index (Phi) is 11.1. The number of nitrogens with one attached hydrogen (secondary N) is 2. The topological polar surface area (TPSA) is 116 Å². The third-order valence-electron chi connectivity index (χ3n) is 9.37. The van der Waals surface area contributed by atoms with Crippen LogP contribution in [-0.4, -0.2) is 70.9 Å². The minimum atomic E-state index is -1.10. The number of methoxy groups -OCH3 is 1. The van der Waals surface area contributed by atoms with Crippen molar-refractivity contribution < 1.29 is 24.5 Å². The largest absolute Gasteiger partial charge is 0.496 e. The van der Waals surface area contributed by atoms with E-state index < -0.39 is 18.6 Å². The Labute approximate surface area is 301 Å². The van der Waals surface area contributed by atoms with E-state index in [1.807, 2.05) is 36.5 Å². The number of carboxylic acid groups (broad SMARTS) is 1. The van der Waals surface area contributed by atoms with Crippen LogP contribution in [0.3, 0.4) is 0 Å². The number of ether oxygens (including phenoxy) is 1. The molecule has 0 bridgehead atoms. The number of carboxylic acids is 1. The molecule has 1 aliphatic rings. The molecule has 0 aliphatic carbocycles. The Morgan fingerprint density at radius 1 is 1.04 bits per heavy atom. The summed E-state index contributed by atoms with van der Waals surface area (Å²) in [4.78, 5) is 24.5. The van der Waals surface area contributed by atoms with Gasteiger partial charge in [0.15, 0.2) is 0 Å². The van der Waals surface area contributed by atoms with Gasteiger partial charge in [-0.2, -0.15) is 0 Å². The Hall–Kier alpha value is -4.38. The number of aromatic nitrogens is 1. The van der Waals surface area contributed by atoms with E-state index in [-0.39, 0.29) is 18.5 Å². The third kappa shape index (κ3) is 7.67. The van der Waals surface area contributed by atoms with Crippen LogP contribution in [0, 0.1) is 0 Å². The molecule has 11 heteroatoms. The summed E-state index contributed by atoms with van der Waals surface area (Å²) < 4.78 is 7.80. The van der Waals surface area contributed by atoms with Gasteiger partial charge in [-0.15, -0.1) is 0 Å². The number of amides is 1. The summed E-state index contributed by atoms with van der Waals surface area (Å²) in [6.45, 7) is 1.68. The number of halogens is 2. The maximum absolute atomic E-state index is 11.5. The van der Waals surface area contributed by atoms with Crippen LogP contribution in [0.2, 0.25) is 10.0 Å². The summed E-state index contributed by atoms with van der Waals surface area (Å²) in [6, 6.07) is 25.6. The van der Waals surface area contributed by atoms with Crippen LogP contribution in [0.1, 0.15) is 29.5 Å². The first kappa shape index (κ1) is 35.4. The second-order valence-corrected chi connectivity index (χ2v) is 13.5. The monoisotopic (exact) mass is 714 g/mol. The van der Waals surface area contributed by atoms with Crippen LogP contribution in [-0.2, 0) is 29.2 Å². The van der Waals surface area contributed by atoms with Crippen LogP contribution < -0.4 is 15.4 Å². The molecule has 260 valence electrons. The number of benzene rings is 4. The average molecular weight is 716 g/mol. The Morgan fingerprint density at radius 2 is 1.78 bits per heavy atom. The number of fused-ring (bicyclic) bond motifs is 1. The Bertz CT molecular complexity index is 2010. The summed E-state index contributed by atoms with van der Waals surface area (Å²) in [5, 5.41) is 27.7. The summed E-state index contributed by atoms with van der Waals surface area (Å²) in [6.07, 6.45) is 3.51. The molecule has 1 fully saturated rings. The molecule has 50 heavy (non-hydrogen) atoms. The summed E-state index contributed by atoms with van der Waals surface area (Å²) in [5.74, 6) is -0.389. The number of likely N-dealkylation sites (N-methyl/N-ethyl adjacent to an activating group) is 1. The quantitative estimate of drug-likeness (QED) is 0.103. The van der Waals surface area contributed by atoms with Gasteiger partial charge >= 0.3 is 5.97 Å². The van der Waals surface area contributed by atoms with E-state index in [9.17, 15) is 19.8 Å². The van der Waals surface area contributed by atoms with E-state index in [0.29, 0.717) is 28.8 Å². The highest BCUT2D eigenvalue weighted by atomic mass is 35.5. The van der Waals surface area contributed by atoms with Crippen molar-refractivity contribution in [2.75, 3.05) is 27.3 Å². The van der Waals surface area contributed by atoms with E-state index in [4.69, 9.17) is 27.9 Å². The second kappa shape index (κ2) is 15.7. The van der Waals surface area contributed by atoms with Crippen molar-refractivity contribution in [1.29, 1.82) is 0 Å². The molecule has 1 aliphatic heterocycles. The molecule has 0 saturated carbocycles. The van der Waals surface area contributed by atoms with Crippen molar-refractivity contribution in [3.05, 3.63) is 112 Å². The first-order valence-corrected chi connectivity index (χ1v) is 17.3. The first-order chi connectivity index (χ1) is 24.2. The molecule has 0 spiro atoms. The lowest BCUT2D eigenvalue weighted by molar-refractivity contribution is -0.144. The Morgan fingerprint density at radius 3 is 2.48 bits per heavy atom. The third-order valence-corrected chi connectivity index (χ3v) is 10.1. The van der Waals surface area contributed by atoms with Crippen LogP contribution in [0.25, 0.3) is 33.2 Å². The van der Waals surface area contributed by atoms with Gasteiger partial charge in [0.25, 0.3) is 0 Å². The highest BCUT2D eigenvalue weighted by Crippen LogP contribution is 2.40. The van der Waals surface area contributed by atoms with Gasteiger partial charge < -0.3 is 30.2 Å². The van der Waals surface area contributed by atoms with Gasteiger partial charge in [-0.3, -0.25) is 14.5 Å². The maximum atomic E-state index is 11.5. The van der Waals surface area contributed by atoms with E-state index in [1.165, 1.54) is 0 Å². The molecular formula is C39H40Cl2N4O5. The molecule has 2 atom stereocenters. The van der Waals surface area contributed by atoms with Gasteiger partial charge in [0, 0.05) is 77.5 Å². The fourth-order valence-corrected chi connectivity index (χ4v) is 7.21. The van der Waals surface area contributed by atoms with E-state index in [0.717, 1.165) is 69.4 Å². The second-order valence-electron chi connectivity index (χ2n) is 12.7. The van der Waals surface area contributed by atoms with E-state index >= 15 is 0 Å². The zero-order valence-corrected chi connectivity index (χ0v) is 29.5. The SMILES string of the molecule is COc1cc(Cn2ccc3c(-c4cccc(-c5ccc(CNCC6CCC(=O)N6)cc5)c4Cl)cccc32)c(Cl)cc1CN(C)C(CO)C(=O)O. The maximum Gasteiger partial charge on any atom is 0.323 e. The van der Waals surface area contributed by atoms with Crippen molar-refractivity contribution >= 4 is 46.0 Å². The van der Waals surface area contributed by atoms with Gasteiger partial charge in [-0.1, -0.05) is 77.8 Å². The van der Waals surface area contributed by atoms with Gasteiger partial charge in [0.05, 0.1) is 18.7 Å². The molecule has 1 amide bonds. The minimum absolute atomic E-state index is 0.127. The predicted octanol–water partition coefficient (Wildman–Crippen LogP) is 6.58.